The number of nitrogens with zero attached hydrogens (tertiary/aromatic N) is 4. The molecule has 2 heterocycles. The molecule has 6 heteroatoms. The van der Waals surface area contributed by atoms with Gasteiger partial charge in [-0.05, 0) is 12.8 Å². The van der Waals surface area contributed by atoms with Crippen LogP contribution in [0.3, 0.4) is 0 Å². The highest BCUT2D eigenvalue weighted by molar-refractivity contribution is 5.84. The second-order valence-corrected chi connectivity index (χ2v) is 15.4. The van der Waals surface area contributed by atoms with E-state index in [0.29, 0.717) is 0 Å². The number of hydrogen-bond donors (Lipinski definition) is 2. The molecule has 0 saturated carbocycles. The van der Waals surface area contributed by atoms with Crippen molar-refractivity contribution in [3.05, 3.63) is 0 Å². The minimum atomic E-state index is 0.248. The van der Waals surface area contributed by atoms with Crippen LogP contribution in [0.5, 0.6) is 0 Å². The van der Waals surface area contributed by atoms with Crippen LogP contribution >= 0.6 is 0 Å². The molecule has 6 nitrogen and oxygen atoms in total. The standard InChI is InChI=1S/2C22H44N2O/c2*1-2-3-4-5-6-7-8-9-10-11-12-13-14-15-16-17-22-23-18-19-24(22)20-21-25/h2*25H,2-21H2,1H3. The normalized spacial score (nSPS) is 14.3. The smallest absolute Gasteiger partial charge is 0.0991 e. The summed E-state index contributed by atoms with van der Waals surface area (Å²) in [6.45, 7) is 10.5. The molecule has 0 fully saturated rings. The van der Waals surface area contributed by atoms with Gasteiger partial charge in [-0.1, -0.05) is 194 Å². The van der Waals surface area contributed by atoms with Gasteiger partial charge in [0.25, 0.3) is 0 Å². The summed E-state index contributed by atoms with van der Waals surface area (Å²) in [6, 6.07) is 0. The van der Waals surface area contributed by atoms with Gasteiger partial charge >= 0.3 is 0 Å². The minimum absolute atomic E-state index is 0.248. The average Bonchev–Trinajstić information content (AvgIpc) is 3.77. The SMILES string of the molecule is CCCCCCCCCCCCCCCCCC1=NCCN1CCO.CCCCCCCCCCCCCCCCCC1=NCCN1CCO. The van der Waals surface area contributed by atoms with E-state index in [0.717, 1.165) is 52.1 Å². The van der Waals surface area contributed by atoms with Crippen molar-refractivity contribution in [1.29, 1.82) is 0 Å². The predicted molar refractivity (Wildman–Crippen MR) is 221 cm³/mol. The van der Waals surface area contributed by atoms with E-state index in [4.69, 9.17) is 10.2 Å². The lowest BCUT2D eigenvalue weighted by Crippen LogP contribution is -2.30. The van der Waals surface area contributed by atoms with Crippen LogP contribution in [0.25, 0.3) is 0 Å². The molecule has 2 aliphatic heterocycles. The van der Waals surface area contributed by atoms with E-state index in [1.807, 2.05) is 0 Å². The van der Waals surface area contributed by atoms with Gasteiger partial charge in [-0.2, -0.15) is 0 Å². The number of unbranched alkanes of at least 4 members (excludes halogenated alkanes) is 28. The first-order valence-corrected chi connectivity index (χ1v) is 22.5. The van der Waals surface area contributed by atoms with Crippen molar-refractivity contribution in [2.24, 2.45) is 9.98 Å². The van der Waals surface area contributed by atoms with Crippen LogP contribution in [0.15, 0.2) is 9.98 Å². The summed E-state index contributed by atoms with van der Waals surface area (Å²) in [5, 5.41) is 18.1. The van der Waals surface area contributed by atoms with Crippen LogP contribution in [0.1, 0.15) is 219 Å². The summed E-state index contributed by atoms with van der Waals surface area (Å²) >= 11 is 0. The molecule has 0 aromatic carbocycles. The molecule has 50 heavy (non-hydrogen) atoms. The number of aliphatic hydroxyl groups excluding tert-OH is 2. The predicted octanol–water partition coefficient (Wildman–Crippen LogP) is 11.9. The zero-order chi connectivity index (χ0) is 36.0. The number of β-amino-alcohol motifs (C(OH)–C–C–N with tert-alkyl or cyclic N) is 2. The van der Waals surface area contributed by atoms with Gasteiger partial charge in [0.15, 0.2) is 0 Å². The lowest BCUT2D eigenvalue weighted by molar-refractivity contribution is 0.254. The van der Waals surface area contributed by atoms with Crippen LogP contribution in [0, 0.1) is 0 Å². The zero-order valence-electron chi connectivity index (χ0n) is 34.0. The Morgan fingerprint density at radius 2 is 0.620 bits per heavy atom. The van der Waals surface area contributed by atoms with Gasteiger partial charge in [0, 0.05) is 39.0 Å². The Morgan fingerprint density at radius 3 is 0.860 bits per heavy atom. The van der Waals surface area contributed by atoms with Crippen molar-refractivity contribution in [2.75, 3.05) is 52.5 Å². The second-order valence-electron chi connectivity index (χ2n) is 15.4. The molecule has 0 aromatic rings. The summed E-state index contributed by atoms with van der Waals surface area (Å²) in [6.07, 6.45) is 44.6. The van der Waals surface area contributed by atoms with Crippen molar-refractivity contribution in [1.82, 2.24) is 9.80 Å². The first-order chi connectivity index (χ1) is 24.8. The van der Waals surface area contributed by atoms with E-state index in [2.05, 4.69) is 33.6 Å². The monoisotopic (exact) mass is 705 g/mol. The zero-order valence-corrected chi connectivity index (χ0v) is 34.0. The molecule has 2 aliphatic rings. The third-order valence-electron chi connectivity index (χ3n) is 10.8. The molecular formula is C44H88N4O2. The molecule has 0 aliphatic carbocycles. The molecule has 0 atom stereocenters. The lowest BCUT2D eigenvalue weighted by Gasteiger charge is -2.18. The van der Waals surface area contributed by atoms with E-state index < -0.39 is 0 Å². The Hall–Kier alpha value is -1.14. The Kier molecular flexibility index (Phi) is 35.3. The molecule has 0 aromatic heterocycles. The highest BCUT2D eigenvalue weighted by Crippen LogP contribution is 2.17. The molecular weight excluding hydrogens is 617 g/mol. The van der Waals surface area contributed by atoms with Crippen molar-refractivity contribution >= 4 is 11.7 Å². The fourth-order valence-corrected chi connectivity index (χ4v) is 7.56. The minimum Gasteiger partial charge on any atom is -0.395 e. The van der Waals surface area contributed by atoms with E-state index in [1.165, 1.54) is 204 Å². The van der Waals surface area contributed by atoms with Crippen molar-refractivity contribution < 1.29 is 10.2 Å². The third-order valence-corrected chi connectivity index (χ3v) is 10.8. The molecule has 0 radical (unpaired) electrons. The maximum absolute atomic E-state index is 9.05. The van der Waals surface area contributed by atoms with Crippen LogP contribution < -0.4 is 0 Å². The first kappa shape index (κ1) is 46.9. The van der Waals surface area contributed by atoms with Gasteiger partial charge < -0.3 is 20.0 Å². The fraction of sp³-hybridized carbons (Fsp3) is 0.955. The van der Waals surface area contributed by atoms with Crippen molar-refractivity contribution in [3.8, 4) is 0 Å². The molecule has 2 N–H and O–H groups in total. The van der Waals surface area contributed by atoms with Gasteiger partial charge in [-0.25, -0.2) is 0 Å². The summed E-state index contributed by atoms with van der Waals surface area (Å²) < 4.78 is 0. The van der Waals surface area contributed by atoms with E-state index in [9.17, 15) is 0 Å². The quantitative estimate of drug-likeness (QED) is 0.0637. The Labute approximate surface area is 312 Å². The van der Waals surface area contributed by atoms with E-state index in [-0.39, 0.29) is 13.2 Å². The molecule has 0 unspecified atom stereocenters. The number of aliphatic hydroxyl groups is 2. The summed E-state index contributed by atoms with van der Waals surface area (Å²) in [5.41, 5.74) is 0. The number of hydrogen-bond acceptors (Lipinski definition) is 6. The molecule has 296 valence electrons. The number of aliphatic imine (C=N–C) groups is 2. The highest BCUT2D eigenvalue weighted by Gasteiger charge is 2.16. The number of amidine groups is 2. The Morgan fingerprint density at radius 1 is 0.380 bits per heavy atom. The molecule has 0 spiro atoms. The van der Waals surface area contributed by atoms with Gasteiger partial charge in [0.2, 0.25) is 0 Å². The summed E-state index contributed by atoms with van der Waals surface area (Å²) in [7, 11) is 0. The Balaban J connectivity index is 0.000000500. The Bertz CT molecular complexity index is 696. The molecule has 0 saturated heterocycles. The summed E-state index contributed by atoms with van der Waals surface area (Å²) in [4.78, 5) is 13.6. The van der Waals surface area contributed by atoms with Crippen LogP contribution in [-0.2, 0) is 0 Å². The highest BCUT2D eigenvalue weighted by atomic mass is 16.3. The van der Waals surface area contributed by atoms with Crippen LogP contribution in [0.4, 0.5) is 0 Å². The van der Waals surface area contributed by atoms with Crippen LogP contribution in [-0.4, -0.2) is 84.2 Å². The van der Waals surface area contributed by atoms with Crippen LogP contribution in [0.2, 0.25) is 0 Å². The first-order valence-electron chi connectivity index (χ1n) is 22.5. The summed E-state index contributed by atoms with van der Waals surface area (Å²) in [5.74, 6) is 2.48. The van der Waals surface area contributed by atoms with E-state index in [1.54, 1.807) is 0 Å². The van der Waals surface area contributed by atoms with Gasteiger partial charge in [0.05, 0.1) is 38.0 Å². The van der Waals surface area contributed by atoms with Gasteiger partial charge in [-0.3, -0.25) is 9.98 Å². The molecule has 2 rings (SSSR count). The maximum Gasteiger partial charge on any atom is 0.0991 e. The largest absolute Gasteiger partial charge is 0.395 e. The molecule has 0 bridgehead atoms. The van der Waals surface area contributed by atoms with Crippen molar-refractivity contribution in [2.45, 2.75) is 219 Å². The average molecular weight is 705 g/mol. The lowest BCUT2D eigenvalue weighted by atomic mass is 10.0. The molecule has 0 amide bonds. The third kappa shape index (κ3) is 28.4. The number of rotatable bonds is 36. The van der Waals surface area contributed by atoms with Crippen molar-refractivity contribution in [3.63, 3.8) is 0 Å². The van der Waals surface area contributed by atoms with Gasteiger partial charge in [-0.15, -0.1) is 0 Å². The maximum atomic E-state index is 9.05. The second kappa shape index (κ2) is 37.6. The van der Waals surface area contributed by atoms with Gasteiger partial charge in [0.1, 0.15) is 0 Å². The topological polar surface area (TPSA) is 71.7 Å². The fourth-order valence-electron chi connectivity index (χ4n) is 7.56. The van der Waals surface area contributed by atoms with E-state index >= 15 is 0 Å².